The lowest BCUT2D eigenvalue weighted by atomic mass is 10.2. The van der Waals surface area contributed by atoms with E-state index in [1.807, 2.05) is 60.9 Å². The number of carbonyl (C=O) groups is 1. The van der Waals surface area contributed by atoms with Gasteiger partial charge in [0.2, 0.25) is 0 Å². The first-order valence-corrected chi connectivity index (χ1v) is 10.3. The highest BCUT2D eigenvalue weighted by atomic mass is 35.5. The summed E-state index contributed by atoms with van der Waals surface area (Å²) in [4.78, 5) is 18.0. The Bertz CT molecular complexity index is 1100. The van der Waals surface area contributed by atoms with Crippen molar-refractivity contribution in [2.75, 3.05) is 5.32 Å². The molecule has 0 radical (unpaired) electrons. The van der Waals surface area contributed by atoms with Crippen LogP contribution < -0.4 is 5.32 Å². The van der Waals surface area contributed by atoms with Crippen LogP contribution in [-0.4, -0.2) is 20.7 Å². The molecular formula is C22H17ClN4OS. The van der Waals surface area contributed by atoms with E-state index in [4.69, 9.17) is 11.6 Å². The summed E-state index contributed by atoms with van der Waals surface area (Å²) in [6.07, 6.45) is 7.12. The molecule has 2 aromatic carbocycles. The fourth-order valence-electron chi connectivity index (χ4n) is 2.77. The van der Waals surface area contributed by atoms with Crippen molar-refractivity contribution in [1.29, 1.82) is 0 Å². The average Bonchev–Trinajstić information content (AvgIpc) is 3.28. The molecule has 4 rings (SSSR count). The largest absolute Gasteiger partial charge is 0.320 e. The number of carbonyl (C=O) groups excluding carboxylic acids is 1. The molecule has 0 fully saturated rings. The van der Waals surface area contributed by atoms with Gasteiger partial charge in [-0.2, -0.15) is 5.10 Å². The molecule has 0 bridgehead atoms. The van der Waals surface area contributed by atoms with E-state index >= 15 is 0 Å². The Hall–Kier alpha value is -3.09. The lowest BCUT2D eigenvalue weighted by molar-refractivity contribution is 0.102. The Morgan fingerprint density at radius 1 is 1.07 bits per heavy atom. The van der Waals surface area contributed by atoms with Crippen LogP contribution in [0.25, 0.3) is 5.69 Å². The second-order valence-corrected chi connectivity index (χ2v) is 7.73. The quantitative estimate of drug-likeness (QED) is 0.420. The monoisotopic (exact) mass is 420 g/mol. The van der Waals surface area contributed by atoms with Gasteiger partial charge in [-0.3, -0.25) is 9.78 Å². The van der Waals surface area contributed by atoms with Gasteiger partial charge in [0, 0.05) is 46.0 Å². The maximum atomic E-state index is 12.7. The van der Waals surface area contributed by atoms with Gasteiger partial charge >= 0.3 is 0 Å². The van der Waals surface area contributed by atoms with Gasteiger partial charge < -0.3 is 5.32 Å². The number of nitrogens with zero attached hydrogens (tertiary/aromatic N) is 3. The van der Waals surface area contributed by atoms with E-state index in [0.717, 1.165) is 21.9 Å². The number of aromatic nitrogens is 3. The van der Waals surface area contributed by atoms with Crippen LogP contribution in [0.4, 0.5) is 5.69 Å². The summed E-state index contributed by atoms with van der Waals surface area (Å²) in [5, 5.41) is 7.70. The summed E-state index contributed by atoms with van der Waals surface area (Å²) >= 11 is 7.83. The molecule has 2 heterocycles. The summed E-state index contributed by atoms with van der Waals surface area (Å²) in [7, 11) is 0. The summed E-state index contributed by atoms with van der Waals surface area (Å²) in [6.45, 7) is 0. The number of pyridine rings is 1. The third kappa shape index (κ3) is 4.85. The second-order valence-electron chi connectivity index (χ2n) is 6.24. The Kier molecular flexibility index (Phi) is 5.93. The molecule has 0 atom stereocenters. The van der Waals surface area contributed by atoms with Crippen LogP contribution in [0.15, 0.2) is 90.3 Å². The Labute approximate surface area is 177 Å². The van der Waals surface area contributed by atoms with E-state index in [2.05, 4.69) is 15.4 Å². The number of rotatable bonds is 6. The van der Waals surface area contributed by atoms with Crippen LogP contribution in [0.5, 0.6) is 0 Å². The summed E-state index contributed by atoms with van der Waals surface area (Å²) in [5.74, 6) is 0.624. The van der Waals surface area contributed by atoms with E-state index in [9.17, 15) is 4.79 Å². The number of anilines is 1. The first kappa shape index (κ1) is 19.2. The van der Waals surface area contributed by atoms with E-state index in [1.54, 1.807) is 41.0 Å². The van der Waals surface area contributed by atoms with Crippen LogP contribution >= 0.6 is 23.4 Å². The van der Waals surface area contributed by atoms with Crippen LogP contribution in [-0.2, 0) is 5.75 Å². The average molecular weight is 421 g/mol. The number of nitrogens with one attached hydrogen (secondary N) is 1. The van der Waals surface area contributed by atoms with Gasteiger partial charge in [0.05, 0.1) is 11.4 Å². The molecule has 2 aromatic heterocycles. The predicted molar refractivity (Wildman–Crippen MR) is 117 cm³/mol. The smallest absolute Gasteiger partial charge is 0.255 e. The first-order chi connectivity index (χ1) is 14.2. The molecule has 0 unspecified atom stereocenters. The van der Waals surface area contributed by atoms with Crippen molar-refractivity contribution in [3.05, 3.63) is 102 Å². The molecule has 4 aromatic rings. The number of hydrogen-bond donors (Lipinski definition) is 1. The molecule has 29 heavy (non-hydrogen) atoms. The van der Waals surface area contributed by atoms with Gasteiger partial charge in [-0.05, 0) is 60.2 Å². The SMILES string of the molecule is O=C(Nc1cc(Cl)ccc1-n1cccn1)c1ccc(SCc2cccnc2)cc1. The van der Waals surface area contributed by atoms with Crippen molar-refractivity contribution in [2.24, 2.45) is 0 Å². The fraction of sp³-hybridized carbons (Fsp3) is 0.0455. The van der Waals surface area contributed by atoms with Crippen LogP contribution in [0.2, 0.25) is 5.02 Å². The molecule has 0 saturated heterocycles. The minimum Gasteiger partial charge on any atom is -0.320 e. The maximum Gasteiger partial charge on any atom is 0.255 e. The zero-order valence-corrected chi connectivity index (χ0v) is 16.9. The highest BCUT2D eigenvalue weighted by Gasteiger charge is 2.12. The van der Waals surface area contributed by atoms with Gasteiger partial charge in [-0.15, -0.1) is 11.8 Å². The highest BCUT2D eigenvalue weighted by molar-refractivity contribution is 7.98. The highest BCUT2D eigenvalue weighted by Crippen LogP contribution is 2.26. The van der Waals surface area contributed by atoms with Crippen LogP contribution in [0.3, 0.4) is 0 Å². The van der Waals surface area contributed by atoms with Crippen molar-refractivity contribution < 1.29 is 4.79 Å². The number of amides is 1. The summed E-state index contributed by atoms with van der Waals surface area (Å²) in [6, 6.07) is 18.6. The molecule has 0 aliphatic rings. The zero-order chi connectivity index (χ0) is 20.1. The number of thioether (sulfide) groups is 1. The van der Waals surface area contributed by atoms with E-state index < -0.39 is 0 Å². The van der Waals surface area contributed by atoms with Gasteiger partial charge in [-0.1, -0.05) is 17.7 Å². The molecule has 7 heteroatoms. The predicted octanol–water partition coefficient (Wildman–Crippen LogP) is 5.47. The van der Waals surface area contributed by atoms with Gasteiger partial charge in [-0.25, -0.2) is 4.68 Å². The molecule has 0 spiro atoms. The van der Waals surface area contributed by atoms with E-state index in [0.29, 0.717) is 16.3 Å². The number of benzene rings is 2. The molecule has 5 nitrogen and oxygen atoms in total. The van der Waals surface area contributed by atoms with Crippen LogP contribution in [0.1, 0.15) is 15.9 Å². The molecule has 0 saturated carbocycles. The number of halogens is 1. The second kappa shape index (κ2) is 8.94. The Morgan fingerprint density at radius 2 is 1.93 bits per heavy atom. The Balaban J connectivity index is 1.46. The standard InChI is InChI=1S/C22H17ClN4OS/c23-18-6-9-21(27-12-2-11-25-27)20(13-18)26-22(28)17-4-7-19(8-5-17)29-15-16-3-1-10-24-14-16/h1-14H,15H2,(H,26,28). The van der Waals surface area contributed by atoms with Crippen LogP contribution in [0, 0.1) is 0 Å². The lowest BCUT2D eigenvalue weighted by Crippen LogP contribution is -2.14. The minimum absolute atomic E-state index is 0.204. The van der Waals surface area contributed by atoms with E-state index in [-0.39, 0.29) is 5.91 Å². The minimum atomic E-state index is -0.204. The fourth-order valence-corrected chi connectivity index (χ4v) is 3.77. The molecule has 1 amide bonds. The Morgan fingerprint density at radius 3 is 2.66 bits per heavy atom. The maximum absolute atomic E-state index is 12.7. The lowest BCUT2D eigenvalue weighted by Gasteiger charge is -2.12. The topological polar surface area (TPSA) is 59.8 Å². The van der Waals surface area contributed by atoms with Gasteiger partial charge in [0.15, 0.2) is 0 Å². The van der Waals surface area contributed by atoms with Crippen molar-refractivity contribution in [3.63, 3.8) is 0 Å². The molecule has 0 aliphatic heterocycles. The van der Waals surface area contributed by atoms with E-state index in [1.165, 1.54) is 0 Å². The third-order valence-corrected chi connectivity index (χ3v) is 5.52. The summed E-state index contributed by atoms with van der Waals surface area (Å²) < 4.78 is 1.68. The molecule has 144 valence electrons. The van der Waals surface area contributed by atoms with Gasteiger partial charge in [0.25, 0.3) is 5.91 Å². The van der Waals surface area contributed by atoms with Crippen molar-refractivity contribution in [2.45, 2.75) is 10.6 Å². The number of hydrogen-bond acceptors (Lipinski definition) is 4. The third-order valence-electron chi connectivity index (χ3n) is 4.20. The molecular weight excluding hydrogens is 404 g/mol. The first-order valence-electron chi connectivity index (χ1n) is 8.92. The van der Waals surface area contributed by atoms with Crippen molar-refractivity contribution in [1.82, 2.24) is 14.8 Å². The van der Waals surface area contributed by atoms with Crippen molar-refractivity contribution in [3.8, 4) is 5.69 Å². The zero-order valence-electron chi connectivity index (χ0n) is 15.3. The molecule has 0 aliphatic carbocycles. The van der Waals surface area contributed by atoms with Crippen molar-refractivity contribution >= 4 is 35.0 Å². The molecule has 1 N–H and O–H groups in total. The van der Waals surface area contributed by atoms with Gasteiger partial charge in [0.1, 0.15) is 0 Å². The summed E-state index contributed by atoms with van der Waals surface area (Å²) in [5.41, 5.74) is 3.08. The normalized spacial score (nSPS) is 10.7.